The monoisotopic (exact) mass is 384 g/mol. The molecule has 0 saturated carbocycles. The molecular formula is C19H26ClFN2O3. The van der Waals surface area contributed by atoms with E-state index in [1.807, 2.05) is 11.8 Å². The zero-order valence-corrected chi connectivity index (χ0v) is 16.2. The first-order valence-corrected chi connectivity index (χ1v) is 9.25. The summed E-state index contributed by atoms with van der Waals surface area (Å²) in [6.45, 7) is 7.12. The summed E-state index contributed by atoms with van der Waals surface area (Å²) < 4.78 is 14.3. The Morgan fingerprint density at radius 2 is 1.96 bits per heavy atom. The van der Waals surface area contributed by atoms with Crippen LogP contribution in [0.3, 0.4) is 0 Å². The van der Waals surface area contributed by atoms with E-state index in [0.29, 0.717) is 43.1 Å². The zero-order chi connectivity index (χ0) is 19.5. The summed E-state index contributed by atoms with van der Waals surface area (Å²) in [5, 5.41) is 9.31. The van der Waals surface area contributed by atoms with Gasteiger partial charge in [-0.25, -0.2) is 4.39 Å². The molecule has 26 heavy (non-hydrogen) atoms. The minimum absolute atomic E-state index is 0.0105. The van der Waals surface area contributed by atoms with Gasteiger partial charge in [0, 0.05) is 29.7 Å². The smallest absolute Gasteiger partial charge is 0.317 e. The number of likely N-dealkylation sites (N-methyl/N-ethyl adjacent to an activating group) is 1. The van der Waals surface area contributed by atoms with Crippen LogP contribution in [-0.4, -0.2) is 59.0 Å². The summed E-state index contributed by atoms with van der Waals surface area (Å²) in [6.07, 6.45) is 1.43. The van der Waals surface area contributed by atoms with E-state index in [4.69, 9.17) is 16.7 Å². The molecule has 2 rings (SSSR count). The fourth-order valence-electron chi connectivity index (χ4n) is 3.61. The molecule has 1 N–H and O–H groups in total. The third-order valence-corrected chi connectivity index (χ3v) is 5.39. The molecular weight excluding hydrogens is 359 g/mol. The predicted molar refractivity (Wildman–Crippen MR) is 98.9 cm³/mol. The number of hydrogen-bond acceptors (Lipinski definition) is 3. The molecule has 5 nitrogen and oxygen atoms in total. The quantitative estimate of drug-likeness (QED) is 0.818. The highest BCUT2D eigenvalue weighted by molar-refractivity contribution is 6.30. The summed E-state index contributed by atoms with van der Waals surface area (Å²) in [5.41, 5.74) is -0.664. The Bertz CT molecular complexity index is 673. The topological polar surface area (TPSA) is 60.9 Å². The zero-order valence-electron chi connectivity index (χ0n) is 15.5. The normalized spacial score (nSPS) is 16.2. The third-order valence-electron chi connectivity index (χ3n) is 5.15. The van der Waals surface area contributed by atoms with Crippen LogP contribution < -0.4 is 0 Å². The number of rotatable bonds is 6. The molecule has 0 radical (unpaired) electrons. The lowest BCUT2D eigenvalue weighted by molar-refractivity contribution is -0.141. The van der Waals surface area contributed by atoms with Crippen LogP contribution in [0.2, 0.25) is 5.02 Å². The molecule has 1 saturated heterocycles. The van der Waals surface area contributed by atoms with Crippen molar-refractivity contribution in [1.82, 2.24) is 9.80 Å². The van der Waals surface area contributed by atoms with Crippen LogP contribution in [-0.2, 0) is 15.0 Å². The van der Waals surface area contributed by atoms with Gasteiger partial charge in [0.05, 0.1) is 12.0 Å². The van der Waals surface area contributed by atoms with Crippen molar-refractivity contribution in [3.8, 4) is 0 Å². The highest BCUT2D eigenvalue weighted by Gasteiger charge is 2.38. The minimum atomic E-state index is -0.993. The molecule has 1 heterocycles. The van der Waals surface area contributed by atoms with Gasteiger partial charge in [-0.15, -0.1) is 0 Å². The maximum atomic E-state index is 14.3. The number of aliphatic carboxylic acids is 1. The van der Waals surface area contributed by atoms with E-state index < -0.39 is 17.2 Å². The lowest BCUT2D eigenvalue weighted by Crippen LogP contribution is -2.51. The Morgan fingerprint density at radius 1 is 1.35 bits per heavy atom. The molecule has 1 fully saturated rings. The van der Waals surface area contributed by atoms with E-state index >= 15 is 0 Å². The van der Waals surface area contributed by atoms with Crippen LogP contribution in [0.5, 0.6) is 0 Å². The van der Waals surface area contributed by atoms with Gasteiger partial charge in [0.2, 0.25) is 5.91 Å². The van der Waals surface area contributed by atoms with Crippen molar-refractivity contribution in [2.24, 2.45) is 0 Å². The SMILES string of the molecule is CCN(CC(=O)O)C1CCN(C(=O)C(C)(C)c2ccc(Cl)cc2F)CC1. The summed E-state index contributed by atoms with van der Waals surface area (Å²) in [4.78, 5) is 27.7. The molecule has 1 amide bonds. The maximum Gasteiger partial charge on any atom is 0.317 e. The number of amides is 1. The van der Waals surface area contributed by atoms with Crippen LogP contribution in [0.15, 0.2) is 18.2 Å². The summed E-state index contributed by atoms with van der Waals surface area (Å²) in [7, 11) is 0. The lowest BCUT2D eigenvalue weighted by atomic mass is 9.82. The van der Waals surface area contributed by atoms with Gasteiger partial charge in [0.1, 0.15) is 5.82 Å². The molecule has 1 aliphatic rings. The van der Waals surface area contributed by atoms with Crippen LogP contribution in [0.25, 0.3) is 0 Å². The first-order valence-electron chi connectivity index (χ1n) is 8.87. The van der Waals surface area contributed by atoms with E-state index in [1.165, 1.54) is 6.07 Å². The number of likely N-dealkylation sites (tertiary alicyclic amines) is 1. The number of nitrogens with zero attached hydrogens (tertiary/aromatic N) is 2. The van der Waals surface area contributed by atoms with Gasteiger partial charge < -0.3 is 10.0 Å². The number of carbonyl (C=O) groups is 2. The van der Waals surface area contributed by atoms with Crippen molar-refractivity contribution in [2.45, 2.75) is 45.1 Å². The molecule has 0 atom stereocenters. The Hall–Kier alpha value is -1.66. The van der Waals surface area contributed by atoms with Gasteiger partial charge >= 0.3 is 5.97 Å². The van der Waals surface area contributed by atoms with Crippen molar-refractivity contribution < 1.29 is 19.1 Å². The molecule has 0 aliphatic carbocycles. The second-order valence-corrected chi connectivity index (χ2v) is 7.67. The van der Waals surface area contributed by atoms with Crippen molar-refractivity contribution in [1.29, 1.82) is 0 Å². The van der Waals surface area contributed by atoms with Crippen LogP contribution in [0.1, 0.15) is 39.2 Å². The van der Waals surface area contributed by atoms with Crippen molar-refractivity contribution in [2.75, 3.05) is 26.2 Å². The van der Waals surface area contributed by atoms with Gasteiger partial charge in [0.25, 0.3) is 0 Å². The summed E-state index contributed by atoms with van der Waals surface area (Å²) in [5.74, 6) is -1.45. The average molecular weight is 385 g/mol. The van der Waals surface area contributed by atoms with E-state index in [1.54, 1.807) is 30.9 Å². The largest absolute Gasteiger partial charge is 0.480 e. The molecule has 1 aromatic rings. The van der Waals surface area contributed by atoms with Gasteiger partial charge in [-0.2, -0.15) is 0 Å². The fraction of sp³-hybridized carbons (Fsp3) is 0.579. The Morgan fingerprint density at radius 3 is 2.46 bits per heavy atom. The van der Waals surface area contributed by atoms with Crippen LogP contribution in [0.4, 0.5) is 4.39 Å². The third kappa shape index (κ3) is 4.54. The summed E-state index contributed by atoms with van der Waals surface area (Å²) >= 11 is 5.81. The number of carboxylic acid groups (broad SMARTS) is 1. The number of piperidine rings is 1. The molecule has 0 aromatic heterocycles. The Balaban J connectivity index is 2.06. The number of halogens is 2. The maximum absolute atomic E-state index is 14.3. The molecule has 144 valence electrons. The van der Waals surface area contributed by atoms with Crippen LogP contribution in [0, 0.1) is 5.82 Å². The standard InChI is InChI=1S/C19H26ClFN2O3/c1-4-22(12-17(24)25)14-7-9-23(10-8-14)18(26)19(2,3)15-6-5-13(20)11-16(15)21/h5-6,11,14H,4,7-10,12H2,1-3H3,(H,24,25). The number of carboxylic acids is 1. The first-order chi connectivity index (χ1) is 12.2. The minimum Gasteiger partial charge on any atom is -0.480 e. The van der Waals surface area contributed by atoms with Crippen molar-refractivity contribution in [3.05, 3.63) is 34.6 Å². The highest BCUT2D eigenvalue weighted by Crippen LogP contribution is 2.31. The van der Waals surface area contributed by atoms with Crippen molar-refractivity contribution >= 4 is 23.5 Å². The molecule has 1 aromatic carbocycles. The molecule has 0 unspecified atom stereocenters. The van der Waals surface area contributed by atoms with E-state index in [9.17, 15) is 14.0 Å². The Kier molecular flexibility index (Phi) is 6.64. The van der Waals surface area contributed by atoms with Crippen LogP contribution >= 0.6 is 11.6 Å². The highest BCUT2D eigenvalue weighted by atomic mass is 35.5. The lowest BCUT2D eigenvalue weighted by Gasteiger charge is -2.40. The molecule has 0 spiro atoms. The average Bonchev–Trinajstić information content (AvgIpc) is 2.58. The van der Waals surface area contributed by atoms with E-state index in [0.717, 1.165) is 0 Å². The van der Waals surface area contributed by atoms with Gasteiger partial charge in [-0.3, -0.25) is 14.5 Å². The summed E-state index contributed by atoms with van der Waals surface area (Å²) in [6, 6.07) is 4.53. The second-order valence-electron chi connectivity index (χ2n) is 7.23. The molecule has 7 heteroatoms. The van der Waals surface area contributed by atoms with E-state index in [2.05, 4.69) is 0 Å². The Labute approximate surface area is 158 Å². The van der Waals surface area contributed by atoms with Gasteiger partial charge in [-0.1, -0.05) is 24.6 Å². The molecule has 1 aliphatic heterocycles. The van der Waals surface area contributed by atoms with Gasteiger partial charge in [-0.05, 0) is 45.4 Å². The molecule has 0 bridgehead atoms. The van der Waals surface area contributed by atoms with Gasteiger partial charge in [0.15, 0.2) is 0 Å². The fourth-order valence-corrected chi connectivity index (χ4v) is 3.77. The second kappa shape index (κ2) is 8.35. The first kappa shape index (κ1) is 20.6. The predicted octanol–water partition coefficient (Wildman–Crippen LogP) is 3.15. The van der Waals surface area contributed by atoms with E-state index in [-0.39, 0.29) is 18.5 Å². The number of carbonyl (C=O) groups excluding carboxylic acids is 1. The number of hydrogen-bond donors (Lipinski definition) is 1. The number of benzene rings is 1. The van der Waals surface area contributed by atoms with Crippen molar-refractivity contribution in [3.63, 3.8) is 0 Å².